The molecule has 8 heavy (non-hydrogen) atoms. The minimum Gasteiger partial charge on any atom is -0.593 e. The summed E-state index contributed by atoms with van der Waals surface area (Å²) in [4.78, 5) is 9.63. The van der Waals surface area contributed by atoms with Gasteiger partial charge in [-0.05, 0) is 0 Å². The molecule has 0 spiro atoms. The van der Waals surface area contributed by atoms with Crippen LogP contribution in [0.25, 0.3) is 0 Å². The second kappa shape index (κ2) is 6.03. The molecule has 0 aliphatic heterocycles. The Labute approximate surface area is 65.1 Å². The monoisotopic (exact) mass is 149 g/mol. The SMILES string of the molecule is O=[P+]([O-])C(O)CCl.[Li+]. The first-order chi connectivity index (χ1) is 3.18. The van der Waals surface area contributed by atoms with Crippen molar-refractivity contribution in [2.24, 2.45) is 0 Å². The van der Waals surface area contributed by atoms with Crippen LogP contribution in [0.4, 0.5) is 0 Å². The molecule has 0 saturated heterocycles. The molecule has 0 rings (SSSR count). The summed E-state index contributed by atoms with van der Waals surface area (Å²) in [6.07, 6.45) is 0. The topological polar surface area (TPSA) is 60.4 Å². The van der Waals surface area contributed by atoms with Gasteiger partial charge in [0.1, 0.15) is 0 Å². The Hall–Kier alpha value is 0.907. The van der Waals surface area contributed by atoms with E-state index in [1.807, 2.05) is 0 Å². The van der Waals surface area contributed by atoms with Gasteiger partial charge in [-0.15, -0.1) is 11.6 Å². The minimum absolute atomic E-state index is 0. The van der Waals surface area contributed by atoms with E-state index in [0.717, 1.165) is 0 Å². The van der Waals surface area contributed by atoms with E-state index < -0.39 is 13.9 Å². The maximum Gasteiger partial charge on any atom is 1.00 e. The van der Waals surface area contributed by atoms with Gasteiger partial charge in [0.25, 0.3) is 5.85 Å². The van der Waals surface area contributed by atoms with E-state index in [1.165, 1.54) is 0 Å². The summed E-state index contributed by atoms with van der Waals surface area (Å²) in [5, 5.41) is 8.21. The Bertz CT molecular complexity index is 79.7. The molecule has 0 heterocycles. The van der Waals surface area contributed by atoms with Crippen LogP contribution in [-0.2, 0) is 4.57 Å². The van der Waals surface area contributed by atoms with Gasteiger partial charge in [-0.2, -0.15) is 0 Å². The van der Waals surface area contributed by atoms with Gasteiger partial charge in [0.2, 0.25) is 0 Å². The fourth-order valence-corrected chi connectivity index (χ4v) is 0.507. The average Bonchev–Trinajstić information content (AvgIpc) is 1.65. The molecular weight excluding hydrogens is 145 g/mol. The molecule has 1 N–H and O–H groups in total. The Kier molecular flexibility index (Phi) is 8.80. The molecule has 6 heteroatoms. The van der Waals surface area contributed by atoms with Crippen LogP contribution in [0.5, 0.6) is 0 Å². The number of alkyl halides is 1. The van der Waals surface area contributed by atoms with Crippen molar-refractivity contribution in [2.45, 2.75) is 5.85 Å². The number of hydrogen-bond donors (Lipinski definition) is 1. The molecular formula is C2H4ClLiO3P+. The maximum absolute atomic E-state index is 9.63. The van der Waals surface area contributed by atoms with E-state index in [9.17, 15) is 9.46 Å². The molecule has 0 aliphatic carbocycles. The molecule has 0 bridgehead atoms. The van der Waals surface area contributed by atoms with Gasteiger partial charge < -0.3 is 10.00 Å². The first-order valence-electron chi connectivity index (χ1n) is 1.56. The van der Waals surface area contributed by atoms with Crippen LogP contribution in [0.1, 0.15) is 0 Å². The fraction of sp³-hybridized carbons (Fsp3) is 1.00. The Morgan fingerprint density at radius 2 is 2.25 bits per heavy atom. The third kappa shape index (κ3) is 5.05. The van der Waals surface area contributed by atoms with E-state index in [0.29, 0.717) is 0 Å². The van der Waals surface area contributed by atoms with Crippen LogP contribution >= 0.6 is 19.6 Å². The molecule has 0 aromatic rings. The van der Waals surface area contributed by atoms with Gasteiger partial charge in [0.05, 0.1) is 5.88 Å². The second-order valence-corrected chi connectivity index (χ2v) is 2.40. The third-order valence-electron chi connectivity index (χ3n) is 0.381. The number of aliphatic hydroxyl groups excluding tert-OH is 1. The summed E-state index contributed by atoms with van der Waals surface area (Å²) in [6, 6.07) is 0. The smallest absolute Gasteiger partial charge is 0.593 e. The molecule has 0 saturated carbocycles. The van der Waals surface area contributed by atoms with Crippen molar-refractivity contribution < 1.29 is 33.4 Å². The Morgan fingerprint density at radius 3 is 2.25 bits per heavy atom. The molecule has 0 aromatic carbocycles. The van der Waals surface area contributed by atoms with E-state index in [-0.39, 0.29) is 24.7 Å². The van der Waals surface area contributed by atoms with Crippen LogP contribution in [0.15, 0.2) is 0 Å². The largest absolute Gasteiger partial charge is 1.00 e. The van der Waals surface area contributed by atoms with Crippen LogP contribution in [0.2, 0.25) is 0 Å². The van der Waals surface area contributed by atoms with Crippen molar-refractivity contribution in [3.63, 3.8) is 0 Å². The number of aliphatic hydroxyl groups is 1. The Morgan fingerprint density at radius 1 is 1.88 bits per heavy atom. The summed E-state index contributed by atoms with van der Waals surface area (Å²) in [7, 11) is -2.74. The quantitative estimate of drug-likeness (QED) is 0.254. The molecule has 0 radical (unpaired) electrons. The first-order valence-corrected chi connectivity index (χ1v) is 3.34. The van der Waals surface area contributed by atoms with Crippen molar-refractivity contribution in [3.05, 3.63) is 0 Å². The number of hydrogen-bond acceptors (Lipinski definition) is 3. The normalized spacial score (nSPS) is 14.1. The number of rotatable bonds is 2. The summed E-state index contributed by atoms with van der Waals surface area (Å²) >= 11 is 4.91. The zero-order valence-electron chi connectivity index (χ0n) is 4.37. The maximum atomic E-state index is 9.63. The van der Waals surface area contributed by atoms with Crippen molar-refractivity contribution in [1.29, 1.82) is 0 Å². The van der Waals surface area contributed by atoms with Crippen molar-refractivity contribution in [3.8, 4) is 0 Å². The molecule has 0 fully saturated rings. The average molecular weight is 149 g/mol. The minimum atomic E-state index is -2.74. The molecule has 3 nitrogen and oxygen atoms in total. The summed E-state index contributed by atoms with van der Waals surface area (Å²) in [6.45, 7) is 0. The third-order valence-corrected chi connectivity index (χ3v) is 1.56. The van der Waals surface area contributed by atoms with Crippen molar-refractivity contribution in [2.75, 3.05) is 5.88 Å². The first kappa shape index (κ1) is 11.7. The summed E-state index contributed by atoms with van der Waals surface area (Å²) in [5.41, 5.74) is 0. The zero-order valence-corrected chi connectivity index (χ0v) is 6.02. The van der Waals surface area contributed by atoms with Crippen LogP contribution in [0.3, 0.4) is 0 Å². The predicted molar refractivity (Wildman–Crippen MR) is 24.3 cm³/mol. The summed E-state index contributed by atoms with van der Waals surface area (Å²) < 4.78 is 9.63. The predicted octanol–water partition coefficient (Wildman–Crippen LogP) is -3.35. The Balaban J connectivity index is 0. The van der Waals surface area contributed by atoms with Crippen molar-refractivity contribution >= 4 is 19.6 Å². The van der Waals surface area contributed by atoms with E-state index in [4.69, 9.17) is 16.7 Å². The fourth-order valence-electron chi connectivity index (χ4n) is 0.0563. The number of halogens is 1. The van der Waals surface area contributed by atoms with Crippen LogP contribution in [0, 0.1) is 0 Å². The van der Waals surface area contributed by atoms with Gasteiger partial charge in [-0.1, -0.05) is 4.57 Å². The molecule has 0 aromatic heterocycles. The van der Waals surface area contributed by atoms with Crippen molar-refractivity contribution in [1.82, 2.24) is 0 Å². The molecule has 42 valence electrons. The van der Waals surface area contributed by atoms with E-state index >= 15 is 0 Å². The van der Waals surface area contributed by atoms with Gasteiger partial charge in [-0.25, -0.2) is 0 Å². The van der Waals surface area contributed by atoms with Crippen LogP contribution in [-0.4, -0.2) is 16.8 Å². The summed E-state index contributed by atoms with van der Waals surface area (Å²) in [5.74, 6) is -1.63. The molecule has 0 aliphatic rings. The van der Waals surface area contributed by atoms with E-state index in [2.05, 4.69) is 0 Å². The van der Waals surface area contributed by atoms with Gasteiger partial charge in [0, 0.05) is 0 Å². The second-order valence-electron chi connectivity index (χ2n) is 0.920. The molecule has 2 unspecified atom stereocenters. The standard InChI is InChI=1S/C2H4ClO3P.Li/c3-1-2(4)7(5)6;/h2,4H,1H2;/q;+1. The van der Waals surface area contributed by atoms with Crippen LogP contribution < -0.4 is 23.8 Å². The van der Waals surface area contributed by atoms with E-state index in [1.54, 1.807) is 0 Å². The van der Waals surface area contributed by atoms with Gasteiger partial charge in [0.15, 0.2) is 0 Å². The molecule has 2 atom stereocenters. The zero-order chi connectivity index (χ0) is 5.86. The van der Waals surface area contributed by atoms with Gasteiger partial charge in [-0.3, -0.25) is 0 Å². The molecule has 0 amide bonds. The van der Waals surface area contributed by atoms with Gasteiger partial charge >= 0.3 is 26.9 Å².